The molecule has 2 aromatic carbocycles. The number of anilines is 2. The average molecular weight is 466 g/mol. The fourth-order valence-electron chi connectivity index (χ4n) is 3.37. The Morgan fingerprint density at radius 2 is 1.90 bits per heavy atom. The number of ether oxygens (including phenoxy) is 1. The van der Waals surface area contributed by atoms with Crippen LogP contribution in [0, 0.1) is 0 Å². The van der Waals surface area contributed by atoms with Crippen LogP contribution in [-0.2, 0) is 10.2 Å². The number of carbonyl (C=O) groups is 2. The molecule has 0 radical (unpaired) electrons. The average Bonchev–Trinajstić information content (AvgIpc) is 3.57. The van der Waals surface area contributed by atoms with Crippen molar-refractivity contribution in [3.63, 3.8) is 0 Å². The van der Waals surface area contributed by atoms with Gasteiger partial charge in [-0.05, 0) is 54.8 Å². The third-order valence-electron chi connectivity index (χ3n) is 5.19. The number of hydrogen-bond acceptors (Lipinski definition) is 4. The minimum absolute atomic E-state index is 0.0465. The maximum absolute atomic E-state index is 13.0. The molecule has 3 aromatic rings. The fourth-order valence-corrected chi connectivity index (χ4v) is 3.77. The summed E-state index contributed by atoms with van der Waals surface area (Å²) < 4.78 is 6.37. The van der Waals surface area contributed by atoms with E-state index in [0.717, 1.165) is 22.9 Å². The predicted molar refractivity (Wildman–Crippen MR) is 119 cm³/mol. The van der Waals surface area contributed by atoms with Crippen molar-refractivity contribution in [3.8, 4) is 5.75 Å². The Morgan fingerprint density at radius 3 is 2.57 bits per heavy atom. The number of pyridine rings is 1. The van der Waals surface area contributed by atoms with Crippen molar-refractivity contribution in [2.24, 2.45) is 0 Å². The summed E-state index contributed by atoms with van der Waals surface area (Å²) in [4.78, 5) is 29.4. The maximum atomic E-state index is 13.0. The van der Waals surface area contributed by atoms with E-state index in [9.17, 15) is 9.59 Å². The highest BCUT2D eigenvalue weighted by atomic mass is 79.9. The van der Waals surface area contributed by atoms with Crippen molar-refractivity contribution in [2.45, 2.75) is 18.3 Å². The van der Waals surface area contributed by atoms with Crippen LogP contribution >= 0.6 is 15.9 Å². The van der Waals surface area contributed by atoms with E-state index in [1.807, 2.05) is 24.3 Å². The molecule has 6 nitrogen and oxygen atoms in total. The highest BCUT2D eigenvalue weighted by molar-refractivity contribution is 9.10. The van der Waals surface area contributed by atoms with Crippen molar-refractivity contribution in [1.82, 2.24) is 4.98 Å². The minimum atomic E-state index is -0.496. The highest BCUT2D eigenvalue weighted by Crippen LogP contribution is 2.49. The van der Waals surface area contributed by atoms with Gasteiger partial charge in [-0.15, -0.1) is 0 Å². The summed E-state index contributed by atoms with van der Waals surface area (Å²) in [5.41, 5.74) is 2.07. The Labute approximate surface area is 182 Å². The van der Waals surface area contributed by atoms with E-state index in [-0.39, 0.29) is 11.8 Å². The zero-order chi connectivity index (χ0) is 21.1. The molecule has 0 bridgehead atoms. The van der Waals surface area contributed by atoms with Crippen molar-refractivity contribution in [3.05, 3.63) is 82.6 Å². The van der Waals surface area contributed by atoms with E-state index in [1.165, 1.54) is 13.3 Å². The molecular weight excluding hydrogens is 446 g/mol. The summed E-state index contributed by atoms with van der Waals surface area (Å²) in [7, 11) is 1.52. The number of nitrogens with zero attached hydrogens (tertiary/aromatic N) is 1. The minimum Gasteiger partial charge on any atom is -0.494 e. The molecule has 0 spiro atoms. The quantitative estimate of drug-likeness (QED) is 0.548. The lowest BCUT2D eigenvalue weighted by molar-refractivity contribution is -0.118. The zero-order valence-electron chi connectivity index (χ0n) is 16.3. The number of halogens is 1. The molecule has 1 aliphatic rings. The number of amides is 2. The van der Waals surface area contributed by atoms with Crippen LogP contribution < -0.4 is 15.4 Å². The van der Waals surface area contributed by atoms with E-state index < -0.39 is 5.41 Å². The topological polar surface area (TPSA) is 80.3 Å². The number of carbonyl (C=O) groups excluding carboxylic acids is 2. The normalized spacial score (nSPS) is 13.9. The summed E-state index contributed by atoms with van der Waals surface area (Å²) in [5, 5.41) is 5.80. The SMILES string of the molecule is COc1cc(NC(=O)C2(c3cccc(Br)c3)CC2)ccc1NC(=O)c1cccnc1. The second kappa shape index (κ2) is 8.28. The van der Waals surface area contributed by atoms with Gasteiger partial charge in [0, 0.05) is 28.6 Å². The number of benzene rings is 2. The van der Waals surface area contributed by atoms with Crippen LogP contribution in [0.2, 0.25) is 0 Å². The van der Waals surface area contributed by atoms with Crippen LogP contribution in [-0.4, -0.2) is 23.9 Å². The van der Waals surface area contributed by atoms with Crippen LogP contribution in [0.4, 0.5) is 11.4 Å². The summed E-state index contributed by atoms with van der Waals surface area (Å²) in [6, 6.07) is 16.4. The maximum Gasteiger partial charge on any atom is 0.257 e. The molecule has 0 aliphatic heterocycles. The monoisotopic (exact) mass is 465 g/mol. The largest absolute Gasteiger partial charge is 0.494 e. The number of hydrogen-bond donors (Lipinski definition) is 2. The van der Waals surface area contributed by atoms with Crippen LogP contribution in [0.1, 0.15) is 28.8 Å². The van der Waals surface area contributed by atoms with Gasteiger partial charge in [0.05, 0.1) is 23.8 Å². The summed E-state index contributed by atoms with van der Waals surface area (Å²) in [6.45, 7) is 0. The summed E-state index contributed by atoms with van der Waals surface area (Å²) in [6.07, 6.45) is 4.72. The molecule has 1 aliphatic carbocycles. The molecule has 1 fully saturated rings. The molecule has 1 aromatic heterocycles. The summed E-state index contributed by atoms with van der Waals surface area (Å²) >= 11 is 3.47. The fraction of sp³-hybridized carbons (Fsp3) is 0.174. The molecule has 2 N–H and O–H groups in total. The standard InChI is InChI=1S/C23H20BrN3O3/c1-30-20-13-18(7-8-19(20)27-21(28)15-4-3-11-25-14-15)26-22(29)23(9-10-23)16-5-2-6-17(24)12-16/h2-8,11-14H,9-10H2,1H3,(H,26,29)(H,27,28). The zero-order valence-corrected chi connectivity index (χ0v) is 17.9. The van der Waals surface area contributed by atoms with Gasteiger partial charge in [0.2, 0.25) is 5.91 Å². The number of aromatic nitrogens is 1. The van der Waals surface area contributed by atoms with Gasteiger partial charge in [-0.1, -0.05) is 28.1 Å². The number of methoxy groups -OCH3 is 1. The first-order chi connectivity index (χ1) is 14.5. The third kappa shape index (κ3) is 4.07. The Balaban J connectivity index is 1.50. The first kappa shape index (κ1) is 20.1. The van der Waals surface area contributed by atoms with Crippen LogP contribution in [0.5, 0.6) is 5.75 Å². The van der Waals surface area contributed by atoms with Gasteiger partial charge < -0.3 is 15.4 Å². The van der Waals surface area contributed by atoms with Crippen molar-refractivity contribution >= 4 is 39.1 Å². The van der Waals surface area contributed by atoms with Gasteiger partial charge in [0.25, 0.3) is 5.91 Å². The number of rotatable bonds is 6. The molecule has 1 heterocycles. The molecule has 1 saturated carbocycles. The second-order valence-corrected chi connectivity index (χ2v) is 8.07. The molecule has 0 unspecified atom stereocenters. The van der Waals surface area contributed by atoms with Gasteiger partial charge >= 0.3 is 0 Å². The Bertz CT molecular complexity index is 1100. The molecule has 0 atom stereocenters. The second-order valence-electron chi connectivity index (χ2n) is 7.16. The lowest BCUT2D eigenvalue weighted by Gasteiger charge is -2.17. The van der Waals surface area contributed by atoms with E-state index >= 15 is 0 Å². The smallest absolute Gasteiger partial charge is 0.257 e. The van der Waals surface area contributed by atoms with Crippen molar-refractivity contribution in [2.75, 3.05) is 17.7 Å². The van der Waals surface area contributed by atoms with E-state index in [0.29, 0.717) is 22.7 Å². The molecule has 152 valence electrons. The molecule has 2 amide bonds. The lowest BCUT2D eigenvalue weighted by atomic mass is 9.95. The Kier molecular flexibility index (Phi) is 5.55. The van der Waals surface area contributed by atoms with Gasteiger partial charge in [-0.3, -0.25) is 14.6 Å². The van der Waals surface area contributed by atoms with Crippen LogP contribution in [0.15, 0.2) is 71.5 Å². The predicted octanol–water partition coefficient (Wildman–Crippen LogP) is 4.78. The molecule has 0 saturated heterocycles. The molecule has 7 heteroatoms. The van der Waals surface area contributed by atoms with E-state index in [4.69, 9.17) is 4.74 Å². The van der Waals surface area contributed by atoms with Crippen LogP contribution in [0.3, 0.4) is 0 Å². The molecule has 30 heavy (non-hydrogen) atoms. The molecule has 4 rings (SSSR count). The highest BCUT2D eigenvalue weighted by Gasteiger charge is 2.51. The van der Waals surface area contributed by atoms with Gasteiger partial charge in [-0.2, -0.15) is 0 Å². The van der Waals surface area contributed by atoms with Crippen molar-refractivity contribution < 1.29 is 14.3 Å². The van der Waals surface area contributed by atoms with Crippen molar-refractivity contribution in [1.29, 1.82) is 0 Å². The van der Waals surface area contributed by atoms with Gasteiger partial charge in [0.15, 0.2) is 0 Å². The first-order valence-corrected chi connectivity index (χ1v) is 10.3. The Morgan fingerprint density at radius 1 is 1.07 bits per heavy atom. The lowest BCUT2D eigenvalue weighted by Crippen LogP contribution is -2.27. The van der Waals surface area contributed by atoms with Gasteiger partial charge in [-0.25, -0.2) is 0 Å². The number of nitrogens with one attached hydrogen (secondary N) is 2. The van der Waals surface area contributed by atoms with Gasteiger partial charge in [0.1, 0.15) is 5.75 Å². The van der Waals surface area contributed by atoms with E-state index in [1.54, 1.807) is 36.5 Å². The molecular formula is C23H20BrN3O3. The first-order valence-electron chi connectivity index (χ1n) is 9.49. The Hall–Kier alpha value is -3.19. The third-order valence-corrected chi connectivity index (χ3v) is 5.69. The van der Waals surface area contributed by atoms with Crippen LogP contribution in [0.25, 0.3) is 0 Å². The van der Waals surface area contributed by atoms with E-state index in [2.05, 4.69) is 31.5 Å². The summed E-state index contributed by atoms with van der Waals surface area (Å²) in [5.74, 6) is 0.122.